The molecule has 2 rings (SSSR count). The van der Waals surface area contributed by atoms with Crippen molar-refractivity contribution in [1.29, 1.82) is 0 Å². The van der Waals surface area contributed by atoms with Crippen LogP contribution in [0.25, 0.3) is 0 Å². The lowest BCUT2D eigenvalue weighted by Gasteiger charge is -2.09. The van der Waals surface area contributed by atoms with Gasteiger partial charge in [-0.1, -0.05) is 31.9 Å². The first-order chi connectivity index (χ1) is 9.20. The fourth-order valence-electron chi connectivity index (χ4n) is 2.16. The van der Waals surface area contributed by atoms with E-state index in [4.69, 9.17) is 4.74 Å². The van der Waals surface area contributed by atoms with Crippen molar-refractivity contribution in [2.75, 3.05) is 6.61 Å². The summed E-state index contributed by atoms with van der Waals surface area (Å²) in [6.45, 7) is 2.87. The third kappa shape index (κ3) is 3.56. The van der Waals surface area contributed by atoms with E-state index >= 15 is 0 Å². The van der Waals surface area contributed by atoms with E-state index in [0.717, 1.165) is 24.3 Å². The van der Waals surface area contributed by atoms with Crippen LogP contribution in [0.4, 0.5) is 0 Å². The van der Waals surface area contributed by atoms with Gasteiger partial charge >= 0.3 is 0 Å². The molecule has 0 saturated carbocycles. The number of nitrogens with one attached hydrogen (secondary N) is 1. The predicted molar refractivity (Wildman–Crippen MR) is 72.0 cm³/mol. The Morgan fingerprint density at radius 3 is 2.53 bits per heavy atom. The van der Waals surface area contributed by atoms with Crippen molar-refractivity contribution >= 4 is 11.8 Å². The first-order valence-corrected chi connectivity index (χ1v) is 6.77. The summed E-state index contributed by atoms with van der Waals surface area (Å²) in [6.07, 6.45) is 3.64. The normalized spacial score (nSPS) is 18.5. The lowest BCUT2D eigenvalue weighted by atomic mass is 9.98. The lowest BCUT2D eigenvalue weighted by molar-refractivity contribution is -0.125. The fourth-order valence-corrected chi connectivity index (χ4v) is 2.16. The minimum atomic E-state index is -0.346. The van der Waals surface area contributed by atoms with Crippen LogP contribution in [0.2, 0.25) is 0 Å². The molecule has 4 heteroatoms. The number of rotatable bonds is 6. The van der Waals surface area contributed by atoms with E-state index in [1.54, 1.807) is 0 Å². The molecule has 19 heavy (non-hydrogen) atoms. The molecule has 0 spiro atoms. The average Bonchev–Trinajstić information content (AvgIpc) is 2.75. The van der Waals surface area contributed by atoms with Gasteiger partial charge in [-0.25, -0.2) is 0 Å². The maximum atomic E-state index is 11.6. The van der Waals surface area contributed by atoms with Crippen LogP contribution < -0.4 is 10.1 Å². The number of hydrogen-bond donors (Lipinski definition) is 1. The molecule has 1 aromatic carbocycles. The minimum absolute atomic E-state index is 0.199. The van der Waals surface area contributed by atoms with Gasteiger partial charge in [0.15, 0.2) is 0 Å². The molecule has 2 amide bonds. The smallest absolute Gasteiger partial charge is 0.234 e. The maximum absolute atomic E-state index is 11.6. The zero-order valence-electron chi connectivity index (χ0n) is 11.1. The highest BCUT2D eigenvalue weighted by Crippen LogP contribution is 2.25. The Hall–Kier alpha value is -1.84. The monoisotopic (exact) mass is 261 g/mol. The molecule has 1 aliphatic rings. The molecule has 4 nitrogen and oxygen atoms in total. The van der Waals surface area contributed by atoms with Crippen LogP contribution >= 0.6 is 0 Å². The van der Waals surface area contributed by atoms with Crippen LogP contribution in [0.15, 0.2) is 24.3 Å². The Morgan fingerprint density at radius 1 is 1.21 bits per heavy atom. The Morgan fingerprint density at radius 2 is 1.95 bits per heavy atom. The van der Waals surface area contributed by atoms with Crippen LogP contribution in [-0.4, -0.2) is 18.4 Å². The molecular formula is C15H19NO3. The standard InChI is InChI=1S/C15H19NO3/c1-2-3-4-9-19-12-7-5-11(6-8-12)13-10-14(17)16-15(13)18/h5-8,13H,2-4,9-10H2,1H3,(H,16,17,18)/t13-/m1/s1. The van der Waals surface area contributed by atoms with Crippen molar-refractivity contribution in [2.24, 2.45) is 0 Å². The second-order valence-electron chi connectivity index (χ2n) is 4.79. The number of amides is 2. The van der Waals surface area contributed by atoms with Gasteiger partial charge in [0.05, 0.1) is 12.5 Å². The van der Waals surface area contributed by atoms with Crippen LogP contribution in [0, 0.1) is 0 Å². The van der Waals surface area contributed by atoms with Gasteiger partial charge in [-0.2, -0.15) is 0 Å². The summed E-state index contributed by atoms with van der Waals surface area (Å²) in [5.74, 6) is 0.0581. The first-order valence-electron chi connectivity index (χ1n) is 6.77. The predicted octanol–water partition coefficient (Wildman–Crippen LogP) is 2.39. The van der Waals surface area contributed by atoms with Crippen molar-refractivity contribution in [3.8, 4) is 5.75 Å². The highest BCUT2D eigenvalue weighted by atomic mass is 16.5. The van der Waals surface area contributed by atoms with Crippen LogP contribution in [0.1, 0.15) is 44.1 Å². The third-order valence-corrected chi connectivity index (χ3v) is 3.27. The number of ether oxygens (including phenoxy) is 1. The number of unbranched alkanes of at least 4 members (excludes halogenated alkanes) is 2. The SMILES string of the molecule is CCCCCOc1ccc([C@H]2CC(=O)NC2=O)cc1. The molecule has 0 aliphatic carbocycles. The molecule has 1 fully saturated rings. The topological polar surface area (TPSA) is 55.4 Å². The average molecular weight is 261 g/mol. The number of carbonyl (C=O) groups is 2. The summed E-state index contributed by atoms with van der Waals surface area (Å²) < 4.78 is 5.61. The first kappa shape index (κ1) is 13.6. The molecule has 1 heterocycles. The quantitative estimate of drug-likeness (QED) is 0.632. The van der Waals surface area contributed by atoms with E-state index in [0.29, 0.717) is 0 Å². The second kappa shape index (κ2) is 6.36. The maximum Gasteiger partial charge on any atom is 0.234 e. The van der Waals surface area contributed by atoms with Gasteiger partial charge in [0.2, 0.25) is 11.8 Å². The summed E-state index contributed by atoms with van der Waals surface area (Å²) in [5, 5.41) is 2.32. The largest absolute Gasteiger partial charge is 0.494 e. The van der Waals surface area contributed by atoms with Gasteiger partial charge < -0.3 is 4.74 Å². The van der Waals surface area contributed by atoms with E-state index in [2.05, 4.69) is 12.2 Å². The van der Waals surface area contributed by atoms with Gasteiger partial charge in [0.1, 0.15) is 5.75 Å². The van der Waals surface area contributed by atoms with Crippen LogP contribution in [-0.2, 0) is 9.59 Å². The fraction of sp³-hybridized carbons (Fsp3) is 0.467. The Bertz CT molecular complexity index is 453. The molecule has 1 N–H and O–H groups in total. The van der Waals surface area contributed by atoms with E-state index < -0.39 is 0 Å². The molecule has 1 aliphatic heterocycles. The highest BCUT2D eigenvalue weighted by molar-refractivity contribution is 6.06. The van der Waals surface area contributed by atoms with Gasteiger partial charge in [0, 0.05) is 6.42 Å². The van der Waals surface area contributed by atoms with E-state index in [1.807, 2.05) is 24.3 Å². The van der Waals surface area contributed by atoms with E-state index in [9.17, 15) is 9.59 Å². The summed E-state index contributed by atoms with van der Waals surface area (Å²) in [4.78, 5) is 22.7. The Kier molecular flexibility index (Phi) is 4.55. The minimum Gasteiger partial charge on any atom is -0.494 e. The molecule has 0 aromatic heterocycles. The zero-order chi connectivity index (χ0) is 13.7. The molecule has 0 unspecified atom stereocenters. The van der Waals surface area contributed by atoms with Gasteiger partial charge in [0.25, 0.3) is 0 Å². The van der Waals surface area contributed by atoms with Crippen molar-refractivity contribution < 1.29 is 14.3 Å². The molecule has 102 valence electrons. The van der Waals surface area contributed by atoms with E-state index in [1.165, 1.54) is 12.8 Å². The van der Waals surface area contributed by atoms with Gasteiger partial charge in [-0.15, -0.1) is 0 Å². The number of carbonyl (C=O) groups excluding carboxylic acids is 2. The molecule has 1 atom stereocenters. The summed E-state index contributed by atoms with van der Waals surface area (Å²) in [6, 6.07) is 7.44. The Balaban J connectivity index is 1.91. The molecule has 1 aromatic rings. The van der Waals surface area contributed by atoms with Crippen LogP contribution in [0.5, 0.6) is 5.75 Å². The third-order valence-electron chi connectivity index (χ3n) is 3.27. The highest BCUT2D eigenvalue weighted by Gasteiger charge is 2.31. The van der Waals surface area contributed by atoms with Gasteiger partial charge in [-0.05, 0) is 24.1 Å². The molecule has 0 bridgehead atoms. The second-order valence-corrected chi connectivity index (χ2v) is 4.79. The Labute approximate surface area is 113 Å². The zero-order valence-corrected chi connectivity index (χ0v) is 11.1. The number of benzene rings is 1. The summed E-state index contributed by atoms with van der Waals surface area (Å²) in [7, 11) is 0. The number of hydrogen-bond acceptors (Lipinski definition) is 3. The molecular weight excluding hydrogens is 242 g/mol. The molecule has 1 saturated heterocycles. The van der Waals surface area contributed by atoms with Crippen molar-refractivity contribution in [2.45, 2.75) is 38.5 Å². The van der Waals surface area contributed by atoms with Crippen molar-refractivity contribution in [3.05, 3.63) is 29.8 Å². The molecule has 0 radical (unpaired) electrons. The van der Waals surface area contributed by atoms with Gasteiger partial charge in [-0.3, -0.25) is 14.9 Å². The summed E-state index contributed by atoms with van der Waals surface area (Å²) in [5.41, 5.74) is 0.865. The van der Waals surface area contributed by atoms with Crippen LogP contribution in [0.3, 0.4) is 0 Å². The van der Waals surface area contributed by atoms with Crippen molar-refractivity contribution in [3.63, 3.8) is 0 Å². The van der Waals surface area contributed by atoms with E-state index in [-0.39, 0.29) is 24.2 Å². The summed E-state index contributed by atoms with van der Waals surface area (Å²) >= 11 is 0. The van der Waals surface area contributed by atoms with Crippen molar-refractivity contribution in [1.82, 2.24) is 5.32 Å². The lowest BCUT2D eigenvalue weighted by Crippen LogP contribution is -2.21. The number of imide groups is 1.